The van der Waals surface area contributed by atoms with Gasteiger partial charge < -0.3 is 37.8 Å². The largest absolute Gasteiger partial charge is 2.00 e. The van der Waals surface area contributed by atoms with E-state index < -0.39 is 11.9 Å². The van der Waals surface area contributed by atoms with E-state index in [4.69, 9.17) is 8.83 Å². The topological polar surface area (TPSA) is 133 Å². The molecule has 44 heavy (non-hydrogen) atoms. The molecule has 0 radical (unpaired) electrons. The molecule has 0 amide bonds. The van der Waals surface area contributed by atoms with Gasteiger partial charge in [0.25, 0.3) is 0 Å². The van der Waals surface area contributed by atoms with Gasteiger partial charge in [0.05, 0.1) is 17.1 Å². The molecule has 2 aromatic carbocycles. The Morgan fingerprint density at radius 3 is 1.82 bits per heavy atom. The summed E-state index contributed by atoms with van der Waals surface area (Å²) in [7, 11) is 3.31. The smallest absolute Gasteiger partial charge is 1.00 e. The monoisotopic (exact) mass is 670 g/mol. The molecule has 0 spiro atoms. The third-order valence-electron chi connectivity index (χ3n) is 6.79. The first-order valence-electron chi connectivity index (χ1n) is 13.2. The molecular formula is C32H31BrMgN4O6. The predicted octanol–water partition coefficient (Wildman–Crippen LogP) is 2.11. The van der Waals surface area contributed by atoms with E-state index in [2.05, 4.69) is 16.9 Å². The standard InChI is InChI=1S/C16H16N2O3.C14H10N2O3.C2H5.BrH.Mg/c1-3-14(19)11-6-7-17-9-12(11)10-4-5-15-13(8-10)18(2)16(20)21-15;1-16-12-6-9(2-3-13(12)19-14(16)18)11-7-15-5-4-10(11)8-17;1-2;;/h4-9,14,19H,3H2,1-2H3;2-8H,1H3;1H2,2H3;1H;/q;;-1;;+2/p-1. The van der Waals surface area contributed by atoms with Gasteiger partial charge in [0, 0.05) is 55.6 Å². The molecule has 0 fully saturated rings. The number of aliphatic hydroxyl groups excluding tert-OH is 1. The van der Waals surface area contributed by atoms with Crippen LogP contribution in [0.3, 0.4) is 0 Å². The van der Waals surface area contributed by atoms with Crippen LogP contribution in [0.5, 0.6) is 0 Å². The van der Waals surface area contributed by atoms with Crippen LogP contribution in [0.15, 0.2) is 91.7 Å². The summed E-state index contributed by atoms with van der Waals surface area (Å²) in [6.07, 6.45) is 7.48. The van der Waals surface area contributed by atoms with Crippen LogP contribution in [0.25, 0.3) is 44.5 Å². The maximum absolute atomic E-state index is 11.6. The Bertz CT molecular complexity index is 1980. The number of rotatable bonds is 5. The number of pyridine rings is 2. The van der Waals surface area contributed by atoms with Gasteiger partial charge in [0.1, 0.15) is 0 Å². The number of hydrogen-bond donors (Lipinski definition) is 1. The summed E-state index contributed by atoms with van der Waals surface area (Å²) in [6.45, 7) is 6.93. The van der Waals surface area contributed by atoms with Crippen LogP contribution < -0.4 is 28.5 Å². The van der Waals surface area contributed by atoms with Crippen LogP contribution in [0.1, 0.15) is 42.3 Å². The molecule has 6 rings (SSSR count). The fourth-order valence-corrected chi connectivity index (χ4v) is 4.49. The zero-order valence-electron chi connectivity index (χ0n) is 24.9. The van der Waals surface area contributed by atoms with Gasteiger partial charge in [-0.3, -0.25) is 23.9 Å². The Morgan fingerprint density at radius 1 is 0.841 bits per heavy atom. The molecular weight excluding hydrogens is 641 g/mol. The van der Waals surface area contributed by atoms with Crippen molar-refractivity contribution in [2.24, 2.45) is 14.1 Å². The Labute approximate surface area is 280 Å². The van der Waals surface area contributed by atoms with Crippen LogP contribution in [-0.4, -0.2) is 53.5 Å². The van der Waals surface area contributed by atoms with Crippen molar-refractivity contribution in [2.75, 3.05) is 0 Å². The fraction of sp³-hybridized carbons (Fsp3) is 0.188. The molecule has 0 saturated carbocycles. The summed E-state index contributed by atoms with van der Waals surface area (Å²) in [5, 5.41) is 10.1. The van der Waals surface area contributed by atoms with Crippen molar-refractivity contribution in [1.29, 1.82) is 0 Å². The number of hydrogen-bond acceptors (Lipinski definition) is 8. The Kier molecular flexibility index (Phi) is 13.5. The van der Waals surface area contributed by atoms with Crippen molar-refractivity contribution in [3.63, 3.8) is 0 Å². The first-order chi connectivity index (χ1) is 20.3. The molecule has 0 aliphatic heterocycles. The molecule has 1 unspecified atom stereocenters. The zero-order valence-corrected chi connectivity index (χ0v) is 27.9. The van der Waals surface area contributed by atoms with E-state index in [9.17, 15) is 19.5 Å². The third-order valence-corrected chi connectivity index (χ3v) is 6.79. The number of oxazole rings is 2. The van der Waals surface area contributed by atoms with Gasteiger partial charge in [-0.05, 0) is 59.5 Å². The summed E-state index contributed by atoms with van der Waals surface area (Å²) in [4.78, 5) is 42.2. The molecule has 12 heteroatoms. The first-order valence-corrected chi connectivity index (χ1v) is 13.2. The number of benzene rings is 2. The number of halogens is 1. The summed E-state index contributed by atoms with van der Waals surface area (Å²) >= 11 is 0. The maximum atomic E-state index is 11.6. The summed E-state index contributed by atoms with van der Waals surface area (Å²) in [5.41, 5.74) is 7.18. The van der Waals surface area contributed by atoms with Crippen LogP contribution in [0, 0.1) is 6.92 Å². The van der Waals surface area contributed by atoms with Crippen molar-refractivity contribution in [3.05, 3.63) is 112 Å². The molecule has 4 aromatic heterocycles. The van der Waals surface area contributed by atoms with Gasteiger partial charge in [-0.1, -0.05) is 19.1 Å². The number of carbonyl (C=O) groups is 1. The van der Waals surface area contributed by atoms with Crippen LogP contribution in [0.4, 0.5) is 0 Å². The number of aryl methyl sites for hydroxylation is 2. The van der Waals surface area contributed by atoms with Gasteiger partial charge in [-0.15, -0.1) is 0 Å². The average molecular weight is 672 g/mol. The fourth-order valence-electron chi connectivity index (χ4n) is 4.49. The second-order valence-electron chi connectivity index (χ2n) is 9.19. The normalized spacial score (nSPS) is 10.9. The summed E-state index contributed by atoms with van der Waals surface area (Å²) in [5.74, 6) is -0.795. The second kappa shape index (κ2) is 16.3. The van der Waals surface area contributed by atoms with Gasteiger partial charge in [0.15, 0.2) is 17.5 Å². The van der Waals surface area contributed by atoms with Gasteiger partial charge >= 0.3 is 34.6 Å². The third kappa shape index (κ3) is 7.44. The molecule has 10 nitrogen and oxygen atoms in total. The second-order valence-corrected chi connectivity index (χ2v) is 9.19. The van der Waals surface area contributed by atoms with E-state index in [1.54, 1.807) is 70.1 Å². The van der Waals surface area contributed by atoms with Crippen LogP contribution in [-0.2, 0) is 14.1 Å². The Balaban J connectivity index is 0.000000280. The molecule has 0 bridgehead atoms. The number of aliphatic hydroxyl groups is 1. The van der Waals surface area contributed by atoms with E-state index in [0.29, 0.717) is 28.7 Å². The molecule has 0 aliphatic carbocycles. The average Bonchev–Trinajstić information content (AvgIpc) is 3.49. The minimum absolute atomic E-state index is 0. The zero-order chi connectivity index (χ0) is 30.4. The number of nitrogens with zero attached hydrogens (tertiary/aromatic N) is 4. The van der Waals surface area contributed by atoms with E-state index >= 15 is 0 Å². The molecule has 6 aromatic rings. The van der Waals surface area contributed by atoms with E-state index in [0.717, 1.165) is 39.6 Å². The quantitative estimate of drug-likeness (QED) is 0.168. The first kappa shape index (κ1) is 36.3. The molecule has 0 saturated heterocycles. The van der Waals surface area contributed by atoms with E-state index in [-0.39, 0.29) is 45.8 Å². The molecule has 0 aliphatic rings. The Hall–Kier alpha value is -3.84. The molecule has 1 atom stereocenters. The number of aromatic nitrogens is 4. The van der Waals surface area contributed by atoms with Crippen molar-refractivity contribution >= 4 is 51.5 Å². The number of carbonyl (C=O) groups excluding carboxylic acids is 1. The molecule has 1 N–H and O–H groups in total. The minimum Gasteiger partial charge on any atom is -1.00 e. The minimum atomic E-state index is -0.535. The van der Waals surface area contributed by atoms with Crippen molar-refractivity contribution in [1.82, 2.24) is 19.1 Å². The van der Waals surface area contributed by atoms with Crippen molar-refractivity contribution in [3.8, 4) is 22.3 Å². The Morgan fingerprint density at radius 2 is 1.32 bits per heavy atom. The SMILES string of the molecule is CCC(O)c1ccncc1-c1ccc2oc(=O)n(C)c2c1.Cn1c(=O)oc2ccc(-c3cnccc3C=O)cc21.[Br-].[CH2-]C.[Mg+2]. The van der Waals surface area contributed by atoms with Crippen LogP contribution in [0.2, 0.25) is 0 Å². The van der Waals surface area contributed by atoms with E-state index in [1.807, 2.05) is 31.2 Å². The van der Waals surface area contributed by atoms with Gasteiger partial charge in [0.2, 0.25) is 0 Å². The van der Waals surface area contributed by atoms with Crippen molar-refractivity contribution < 1.29 is 35.7 Å². The summed E-state index contributed by atoms with van der Waals surface area (Å²) in [6, 6.07) is 14.3. The molecule has 224 valence electrons. The van der Waals surface area contributed by atoms with Crippen molar-refractivity contribution in [2.45, 2.75) is 26.4 Å². The maximum Gasteiger partial charge on any atom is 2.00 e. The number of fused-ring (bicyclic) bond motifs is 2. The van der Waals surface area contributed by atoms with Gasteiger partial charge in [-0.2, -0.15) is 6.92 Å². The van der Waals surface area contributed by atoms with Gasteiger partial charge in [-0.25, -0.2) is 9.59 Å². The predicted molar refractivity (Wildman–Crippen MR) is 167 cm³/mol. The molecule has 4 heterocycles. The number of aldehydes is 1. The van der Waals surface area contributed by atoms with E-state index in [1.165, 1.54) is 9.13 Å². The van der Waals surface area contributed by atoms with Crippen LogP contribution >= 0.6 is 0 Å². The summed E-state index contributed by atoms with van der Waals surface area (Å²) < 4.78 is 13.1.